The van der Waals surface area contributed by atoms with E-state index in [1.165, 1.54) is 64.8 Å². The fourth-order valence-corrected chi connectivity index (χ4v) is 4.28. The SMILES string of the molecule is CNCC1CCCCN1C1CCN2CCC1C2. The molecule has 0 aromatic carbocycles. The summed E-state index contributed by atoms with van der Waals surface area (Å²) in [6.07, 6.45) is 7.14. The van der Waals surface area contributed by atoms with E-state index in [1.54, 1.807) is 0 Å². The van der Waals surface area contributed by atoms with Gasteiger partial charge in [-0.25, -0.2) is 0 Å². The Morgan fingerprint density at radius 2 is 1.94 bits per heavy atom. The fourth-order valence-electron chi connectivity index (χ4n) is 4.28. The van der Waals surface area contributed by atoms with E-state index < -0.39 is 0 Å². The monoisotopic (exact) mass is 237 g/mol. The molecule has 3 heteroatoms. The summed E-state index contributed by atoms with van der Waals surface area (Å²) < 4.78 is 0. The van der Waals surface area contributed by atoms with Crippen molar-refractivity contribution >= 4 is 0 Å². The second-order valence-corrected chi connectivity index (χ2v) is 6.15. The Labute approximate surface area is 106 Å². The number of hydrogen-bond acceptors (Lipinski definition) is 3. The van der Waals surface area contributed by atoms with Gasteiger partial charge in [-0.05, 0) is 58.3 Å². The van der Waals surface area contributed by atoms with E-state index in [0.717, 1.165) is 18.0 Å². The summed E-state index contributed by atoms with van der Waals surface area (Å²) in [4.78, 5) is 5.53. The standard InChI is InChI=1S/C14H27N3/c1-15-10-13-4-2-3-7-17(13)14-6-9-16-8-5-12(14)11-16/h12-15H,2-11H2,1H3. The summed E-state index contributed by atoms with van der Waals surface area (Å²) in [5.41, 5.74) is 0. The first-order chi connectivity index (χ1) is 8.38. The van der Waals surface area contributed by atoms with Crippen LogP contribution in [0.3, 0.4) is 0 Å². The second-order valence-electron chi connectivity index (χ2n) is 6.15. The molecule has 3 aliphatic heterocycles. The number of fused-ring (bicyclic) bond motifs is 2. The molecule has 4 atom stereocenters. The van der Waals surface area contributed by atoms with Crippen molar-refractivity contribution in [3.63, 3.8) is 0 Å². The van der Waals surface area contributed by atoms with Gasteiger partial charge in [0, 0.05) is 25.2 Å². The van der Waals surface area contributed by atoms with Crippen molar-refractivity contribution in [2.45, 2.75) is 44.2 Å². The molecule has 3 heterocycles. The molecule has 0 saturated carbocycles. The lowest BCUT2D eigenvalue weighted by molar-refractivity contribution is 0.0396. The van der Waals surface area contributed by atoms with Gasteiger partial charge in [-0.3, -0.25) is 4.90 Å². The molecule has 3 saturated heterocycles. The molecular formula is C14H27N3. The smallest absolute Gasteiger partial charge is 0.0223 e. The quantitative estimate of drug-likeness (QED) is 0.794. The summed E-state index contributed by atoms with van der Waals surface area (Å²) in [5.74, 6) is 0.973. The lowest BCUT2D eigenvalue weighted by Crippen LogP contribution is -2.55. The van der Waals surface area contributed by atoms with E-state index in [-0.39, 0.29) is 0 Å². The Morgan fingerprint density at radius 3 is 2.82 bits per heavy atom. The summed E-state index contributed by atoms with van der Waals surface area (Å²) >= 11 is 0. The van der Waals surface area contributed by atoms with Crippen molar-refractivity contribution in [1.29, 1.82) is 0 Å². The molecule has 0 radical (unpaired) electrons. The van der Waals surface area contributed by atoms with Gasteiger partial charge in [0.15, 0.2) is 0 Å². The normalized spacial score (nSPS) is 42.9. The molecule has 0 aliphatic carbocycles. The molecule has 3 nitrogen and oxygen atoms in total. The lowest BCUT2D eigenvalue weighted by Gasteiger charge is -2.45. The van der Waals surface area contributed by atoms with Crippen LogP contribution < -0.4 is 5.32 Å². The van der Waals surface area contributed by atoms with Crippen LogP contribution in [0.5, 0.6) is 0 Å². The Morgan fingerprint density at radius 1 is 1.06 bits per heavy atom. The summed E-state index contributed by atoms with van der Waals surface area (Å²) in [6, 6.07) is 1.71. The van der Waals surface area contributed by atoms with Gasteiger partial charge in [-0.1, -0.05) is 6.42 Å². The first-order valence-electron chi connectivity index (χ1n) is 7.51. The molecule has 0 amide bonds. The van der Waals surface area contributed by atoms with E-state index in [2.05, 4.69) is 22.2 Å². The van der Waals surface area contributed by atoms with Crippen molar-refractivity contribution in [2.24, 2.45) is 5.92 Å². The van der Waals surface area contributed by atoms with Crippen molar-refractivity contribution in [3.8, 4) is 0 Å². The maximum atomic E-state index is 3.40. The Hall–Kier alpha value is -0.120. The zero-order valence-corrected chi connectivity index (χ0v) is 11.2. The highest BCUT2D eigenvalue weighted by Crippen LogP contribution is 2.33. The lowest BCUT2D eigenvalue weighted by atomic mass is 9.88. The first kappa shape index (κ1) is 11.9. The highest BCUT2D eigenvalue weighted by Gasteiger charge is 2.39. The molecule has 4 unspecified atom stereocenters. The predicted molar refractivity (Wildman–Crippen MR) is 71.2 cm³/mol. The molecule has 1 N–H and O–H groups in total. The van der Waals surface area contributed by atoms with Gasteiger partial charge in [0.2, 0.25) is 0 Å². The number of likely N-dealkylation sites (N-methyl/N-ethyl adjacent to an activating group) is 1. The number of likely N-dealkylation sites (tertiary alicyclic amines) is 1. The minimum Gasteiger partial charge on any atom is -0.318 e. The van der Waals surface area contributed by atoms with Crippen LogP contribution in [0.2, 0.25) is 0 Å². The number of piperidine rings is 2. The molecule has 3 fully saturated rings. The van der Waals surface area contributed by atoms with Gasteiger partial charge >= 0.3 is 0 Å². The third-order valence-corrected chi connectivity index (χ3v) is 5.13. The van der Waals surface area contributed by atoms with E-state index >= 15 is 0 Å². The third-order valence-electron chi connectivity index (χ3n) is 5.13. The van der Waals surface area contributed by atoms with Crippen LogP contribution in [0, 0.1) is 5.92 Å². The summed E-state index contributed by atoms with van der Waals surface area (Å²) in [6.45, 7) is 6.64. The second kappa shape index (κ2) is 5.25. The minimum atomic E-state index is 0.811. The zero-order valence-electron chi connectivity index (χ0n) is 11.2. The largest absolute Gasteiger partial charge is 0.318 e. The van der Waals surface area contributed by atoms with Crippen molar-refractivity contribution < 1.29 is 0 Å². The molecule has 98 valence electrons. The van der Waals surface area contributed by atoms with Gasteiger partial charge in [0.1, 0.15) is 0 Å². The first-order valence-corrected chi connectivity index (χ1v) is 7.51. The Balaban J connectivity index is 1.67. The molecule has 0 aromatic rings. The van der Waals surface area contributed by atoms with E-state index in [1.807, 2.05) is 0 Å². The summed E-state index contributed by atoms with van der Waals surface area (Å²) in [7, 11) is 2.10. The molecule has 0 aromatic heterocycles. The van der Waals surface area contributed by atoms with E-state index in [9.17, 15) is 0 Å². The van der Waals surface area contributed by atoms with Crippen LogP contribution in [0.15, 0.2) is 0 Å². The van der Waals surface area contributed by atoms with Crippen LogP contribution >= 0.6 is 0 Å². The minimum absolute atomic E-state index is 0.811. The van der Waals surface area contributed by atoms with Crippen LogP contribution in [-0.4, -0.2) is 61.7 Å². The fraction of sp³-hybridized carbons (Fsp3) is 1.00. The molecule has 3 rings (SSSR count). The van der Waals surface area contributed by atoms with Gasteiger partial charge in [-0.15, -0.1) is 0 Å². The number of rotatable bonds is 3. The van der Waals surface area contributed by atoms with Crippen LogP contribution in [0.1, 0.15) is 32.1 Å². The number of nitrogens with one attached hydrogen (secondary N) is 1. The molecule has 2 bridgehead atoms. The maximum absolute atomic E-state index is 3.40. The average molecular weight is 237 g/mol. The van der Waals surface area contributed by atoms with E-state index in [4.69, 9.17) is 0 Å². The average Bonchev–Trinajstić information content (AvgIpc) is 2.73. The summed E-state index contributed by atoms with van der Waals surface area (Å²) in [5, 5.41) is 3.40. The van der Waals surface area contributed by atoms with Crippen molar-refractivity contribution in [1.82, 2.24) is 15.1 Å². The predicted octanol–water partition coefficient (Wildman–Crippen LogP) is 1.15. The van der Waals surface area contributed by atoms with Crippen molar-refractivity contribution in [2.75, 3.05) is 39.8 Å². The topological polar surface area (TPSA) is 18.5 Å². The number of nitrogens with zero attached hydrogens (tertiary/aromatic N) is 2. The van der Waals surface area contributed by atoms with Crippen LogP contribution in [-0.2, 0) is 0 Å². The maximum Gasteiger partial charge on any atom is 0.0223 e. The van der Waals surface area contributed by atoms with Crippen molar-refractivity contribution in [3.05, 3.63) is 0 Å². The van der Waals surface area contributed by atoms with Gasteiger partial charge in [-0.2, -0.15) is 0 Å². The van der Waals surface area contributed by atoms with Crippen LogP contribution in [0.25, 0.3) is 0 Å². The Kier molecular flexibility index (Phi) is 3.69. The highest BCUT2D eigenvalue weighted by molar-refractivity contribution is 4.95. The molecule has 3 aliphatic rings. The number of hydrogen-bond donors (Lipinski definition) is 1. The van der Waals surface area contributed by atoms with Crippen LogP contribution in [0.4, 0.5) is 0 Å². The molecular weight excluding hydrogens is 210 g/mol. The molecule has 0 spiro atoms. The third kappa shape index (κ3) is 2.38. The van der Waals surface area contributed by atoms with Gasteiger partial charge in [0.05, 0.1) is 0 Å². The van der Waals surface area contributed by atoms with E-state index in [0.29, 0.717) is 0 Å². The zero-order chi connectivity index (χ0) is 11.7. The van der Waals surface area contributed by atoms with Gasteiger partial charge < -0.3 is 10.2 Å². The molecule has 17 heavy (non-hydrogen) atoms. The van der Waals surface area contributed by atoms with Gasteiger partial charge in [0.25, 0.3) is 0 Å². The Bertz CT molecular complexity index is 254. The highest BCUT2D eigenvalue weighted by atomic mass is 15.3.